The standard InChI is InChI=1S/C18H23NO3/c1-13-4-2-6-16-17(13)12-15(22-18(16)21)7-10-19-9-3-5-14(19)8-11-20/h2,4,6,12,14,20H,3,5,7-11H2,1H3/t14-/m1/s1. The molecule has 1 aliphatic rings. The van der Waals surface area contributed by atoms with Gasteiger partial charge in [0.2, 0.25) is 0 Å². The second-order valence-electron chi connectivity index (χ2n) is 6.13. The first-order chi connectivity index (χ1) is 10.7. The maximum atomic E-state index is 12.1. The van der Waals surface area contributed by atoms with Crippen molar-refractivity contribution in [3.8, 4) is 0 Å². The van der Waals surface area contributed by atoms with Crippen LogP contribution in [0.25, 0.3) is 10.8 Å². The zero-order valence-corrected chi connectivity index (χ0v) is 13.0. The van der Waals surface area contributed by atoms with Gasteiger partial charge in [0.25, 0.3) is 0 Å². The van der Waals surface area contributed by atoms with E-state index in [1.807, 2.05) is 31.2 Å². The lowest BCUT2D eigenvalue weighted by molar-refractivity contribution is 0.194. The van der Waals surface area contributed by atoms with Gasteiger partial charge < -0.3 is 9.52 Å². The second-order valence-corrected chi connectivity index (χ2v) is 6.13. The highest BCUT2D eigenvalue weighted by Gasteiger charge is 2.23. The summed E-state index contributed by atoms with van der Waals surface area (Å²) in [6.07, 6.45) is 3.91. The average Bonchev–Trinajstić information content (AvgIpc) is 2.94. The molecule has 22 heavy (non-hydrogen) atoms. The molecule has 1 atom stereocenters. The second kappa shape index (κ2) is 6.63. The van der Waals surface area contributed by atoms with Crippen LogP contribution in [0.3, 0.4) is 0 Å². The molecule has 1 aromatic carbocycles. The molecule has 0 saturated carbocycles. The first-order valence-electron chi connectivity index (χ1n) is 8.06. The molecule has 1 aromatic heterocycles. The van der Waals surface area contributed by atoms with Gasteiger partial charge in [-0.15, -0.1) is 0 Å². The Morgan fingerprint density at radius 1 is 1.36 bits per heavy atom. The minimum atomic E-state index is -0.246. The van der Waals surface area contributed by atoms with Crippen molar-refractivity contribution in [2.75, 3.05) is 19.7 Å². The van der Waals surface area contributed by atoms with E-state index in [4.69, 9.17) is 9.52 Å². The Labute approximate surface area is 130 Å². The van der Waals surface area contributed by atoms with Gasteiger partial charge in [0.15, 0.2) is 0 Å². The molecule has 4 heteroatoms. The molecule has 0 amide bonds. The minimum Gasteiger partial charge on any atom is -0.427 e. The van der Waals surface area contributed by atoms with Gasteiger partial charge >= 0.3 is 5.63 Å². The monoisotopic (exact) mass is 301 g/mol. The van der Waals surface area contributed by atoms with Crippen LogP contribution < -0.4 is 5.63 Å². The molecule has 1 N–H and O–H groups in total. The van der Waals surface area contributed by atoms with Gasteiger partial charge in [-0.3, -0.25) is 4.90 Å². The van der Waals surface area contributed by atoms with Gasteiger partial charge in [-0.25, -0.2) is 4.79 Å². The summed E-state index contributed by atoms with van der Waals surface area (Å²) in [6.45, 7) is 4.21. The highest BCUT2D eigenvalue weighted by Crippen LogP contribution is 2.21. The third-order valence-corrected chi connectivity index (χ3v) is 4.68. The van der Waals surface area contributed by atoms with Crippen molar-refractivity contribution in [1.82, 2.24) is 4.90 Å². The number of aliphatic hydroxyl groups excluding tert-OH is 1. The number of hydrogen-bond acceptors (Lipinski definition) is 4. The van der Waals surface area contributed by atoms with E-state index >= 15 is 0 Å². The van der Waals surface area contributed by atoms with E-state index in [0.717, 1.165) is 49.1 Å². The maximum Gasteiger partial charge on any atom is 0.343 e. The fraction of sp³-hybridized carbons (Fsp3) is 0.500. The summed E-state index contributed by atoms with van der Waals surface area (Å²) in [4.78, 5) is 14.5. The Morgan fingerprint density at radius 3 is 3.05 bits per heavy atom. The molecule has 118 valence electrons. The predicted molar refractivity (Wildman–Crippen MR) is 87.2 cm³/mol. The number of benzene rings is 1. The summed E-state index contributed by atoms with van der Waals surface area (Å²) >= 11 is 0. The van der Waals surface area contributed by atoms with E-state index in [2.05, 4.69) is 4.90 Å². The summed E-state index contributed by atoms with van der Waals surface area (Å²) in [6, 6.07) is 8.19. The Kier molecular flexibility index (Phi) is 4.60. The first-order valence-corrected chi connectivity index (χ1v) is 8.06. The van der Waals surface area contributed by atoms with Crippen LogP contribution in [0.2, 0.25) is 0 Å². The van der Waals surface area contributed by atoms with Crippen molar-refractivity contribution in [2.45, 2.75) is 38.6 Å². The predicted octanol–water partition coefficient (Wildman–Crippen LogP) is 2.49. The number of fused-ring (bicyclic) bond motifs is 1. The molecule has 1 aliphatic heterocycles. The summed E-state index contributed by atoms with van der Waals surface area (Å²) in [7, 11) is 0. The zero-order chi connectivity index (χ0) is 15.5. The van der Waals surface area contributed by atoms with Crippen LogP contribution in [0, 0.1) is 6.92 Å². The largest absolute Gasteiger partial charge is 0.427 e. The Morgan fingerprint density at radius 2 is 2.23 bits per heavy atom. The van der Waals surface area contributed by atoms with Gasteiger partial charge in [0.1, 0.15) is 5.76 Å². The van der Waals surface area contributed by atoms with Gasteiger partial charge in [-0.1, -0.05) is 12.1 Å². The van der Waals surface area contributed by atoms with Gasteiger partial charge in [-0.05, 0) is 55.8 Å². The summed E-state index contributed by atoms with van der Waals surface area (Å²) < 4.78 is 5.47. The average molecular weight is 301 g/mol. The van der Waals surface area contributed by atoms with E-state index in [0.29, 0.717) is 11.4 Å². The van der Waals surface area contributed by atoms with Crippen LogP contribution in [0.15, 0.2) is 33.5 Å². The van der Waals surface area contributed by atoms with Crippen molar-refractivity contribution < 1.29 is 9.52 Å². The normalized spacial score (nSPS) is 19.1. The van der Waals surface area contributed by atoms with Crippen molar-refractivity contribution in [3.63, 3.8) is 0 Å². The van der Waals surface area contributed by atoms with Gasteiger partial charge in [-0.2, -0.15) is 0 Å². The number of hydrogen-bond donors (Lipinski definition) is 1. The molecular formula is C18H23NO3. The van der Waals surface area contributed by atoms with E-state index in [-0.39, 0.29) is 12.2 Å². The Bertz CT molecular complexity index is 707. The lowest BCUT2D eigenvalue weighted by atomic mass is 10.1. The molecule has 0 unspecified atom stereocenters. The number of nitrogens with zero attached hydrogens (tertiary/aromatic N) is 1. The van der Waals surface area contributed by atoms with Crippen molar-refractivity contribution in [3.05, 3.63) is 46.0 Å². The Hall–Kier alpha value is -1.65. The van der Waals surface area contributed by atoms with Crippen LogP contribution in [0.5, 0.6) is 0 Å². The van der Waals surface area contributed by atoms with Gasteiger partial charge in [0, 0.05) is 25.6 Å². The van der Waals surface area contributed by atoms with Crippen LogP contribution in [-0.4, -0.2) is 35.7 Å². The number of rotatable bonds is 5. The molecule has 0 aliphatic carbocycles. The molecule has 3 rings (SSSR count). The maximum absolute atomic E-state index is 12.1. The molecule has 2 heterocycles. The highest BCUT2D eigenvalue weighted by molar-refractivity contribution is 5.84. The molecule has 0 spiro atoms. The first kappa shape index (κ1) is 15.3. The third-order valence-electron chi connectivity index (χ3n) is 4.68. The minimum absolute atomic E-state index is 0.241. The SMILES string of the molecule is Cc1cccc2c(=O)oc(CCN3CCC[C@@H]3CCO)cc12. The summed E-state index contributed by atoms with van der Waals surface area (Å²) in [5.41, 5.74) is 0.857. The topological polar surface area (TPSA) is 53.7 Å². The molecule has 2 aromatic rings. The van der Waals surface area contributed by atoms with Crippen LogP contribution >= 0.6 is 0 Å². The lowest BCUT2D eigenvalue weighted by Gasteiger charge is -2.23. The molecular weight excluding hydrogens is 278 g/mol. The van der Waals surface area contributed by atoms with Crippen molar-refractivity contribution in [2.24, 2.45) is 0 Å². The number of aliphatic hydroxyl groups is 1. The van der Waals surface area contributed by atoms with E-state index in [9.17, 15) is 4.79 Å². The van der Waals surface area contributed by atoms with Crippen molar-refractivity contribution >= 4 is 10.8 Å². The number of aryl methyl sites for hydroxylation is 1. The summed E-state index contributed by atoms with van der Waals surface area (Å²) in [5.74, 6) is 0.751. The highest BCUT2D eigenvalue weighted by atomic mass is 16.4. The number of likely N-dealkylation sites (tertiary alicyclic amines) is 1. The third kappa shape index (κ3) is 3.08. The zero-order valence-electron chi connectivity index (χ0n) is 13.0. The fourth-order valence-electron chi connectivity index (χ4n) is 3.46. The molecule has 0 bridgehead atoms. The molecule has 0 radical (unpaired) electrons. The molecule has 1 saturated heterocycles. The quantitative estimate of drug-likeness (QED) is 0.922. The van der Waals surface area contributed by atoms with Crippen LogP contribution in [-0.2, 0) is 6.42 Å². The van der Waals surface area contributed by atoms with Crippen LogP contribution in [0.4, 0.5) is 0 Å². The molecule has 1 fully saturated rings. The van der Waals surface area contributed by atoms with Crippen molar-refractivity contribution in [1.29, 1.82) is 0 Å². The lowest BCUT2D eigenvalue weighted by Crippen LogP contribution is -2.32. The van der Waals surface area contributed by atoms with E-state index in [1.54, 1.807) is 0 Å². The van der Waals surface area contributed by atoms with Gasteiger partial charge in [0.05, 0.1) is 5.39 Å². The van der Waals surface area contributed by atoms with E-state index < -0.39 is 0 Å². The Balaban J connectivity index is 1.77. The van der Waals surface area contributed by atoms with E-state index in [1.165, 1.54) is 6.42 Å². The smallest absolute Gasteiger partial charge is 0.343 e. The molecule has 4 nitrogen and oxygen atoms in total. The fourth-order valence-corrected chi connectivity index (χ4v) is 3.46. The summed E-state index contributed by atoms with van der Waals surface area (Å²) in [5, 5.41) is 10.8. The van der Waals surface area contributed by atoms with Crippen LogP contribution in [0.1, 0.15) is 30.6 Å².